The van der Waals surface area contributed by atoms with Gasteiger partial charge >= 0.3 is 0 Å². The number of amidine groups is 1. The van der Waals surface area contributed by atoms with E-state index in [1.54, 1.807) is 6.92 Å². The summed E-state index contributed by atoms with van der Waals surface area (Å²) < 4.78 is 11.2. The van der Waals surface area contributed by atoms with E-state index in [-0.39, 0.29) is 17.8 Å². The highest BCUT2D eigenvalue weighted by Gasteiger charge is 2.37. The molecule has 1 rings (SSSR count). The molecule has 0 radical (unpaired) electrons. The van der Waals surface area contributed by atoms with Gasteiger partial charge in [0.15, 0.2) is 5.84 Å². The fraction of sp³-hybridized carbons (Fsp3) is 0.818. The predicted octanol–water partition coefficient (Wildman–Crippen LogP) is 0.176. The number of hydrogen-bond acceptors (Lipinski definition) is 4. The van der Waals surface area contributed by atoms with Crippen molar-refractivity contribution < 1.29 is 14.2 Å². The summed E-state index contributed by atoms with van der Waals surface area (Å²) in [4.78, 5) is 12.2. The molecule has 0 spiro atoms. The molecule has 1 heterocycles. The van der Waals surface area contributed by atoms with Gasteiger partial charge in [0.25, 0.3) is 0 Å². The van der Waals surface area contributed by atoms with Crippen LogP contribution in [0.1, 0.15) is 33.1 Å². The summed E-state index contributed by atoms with van der Waals surface area (Å²) in [5, 5.41) is 14.6. The van der Waals surface area contributed by atoms with Crippen LogP contribution in [0.2, 0.25) is 0 Å². The van der Waals surface area contributed by atoms with Crippen LogP contribution in [-0.4, -0.2) is 38.7 Å². The minimum Gasteiger partial charge on any atom is -0.409 e. The molecule has 0 aromatic heterocycles. The van der Waals surface area contributed by atoms with E-state index in [1.165, 1.54) is 0 Å². The number of amides is 1. The Bertz CT molecular complexity index is 363. The average molecular weight is 275 g/mol. The molecule has 104 valence electrons. The molecule has 0 saturated carbocycles. The first-order chi connectivity index (χ1) is 8.43. The lowest BCUT2D eigenvalue weighted by molar-refractivity contribution is -0.127. The number of carbonyl (C=O) groups is 1. The molecular weight excluding hydrogens is 254 g/mol. The summed E-state index contributed by atoms with van der Waals surface area (Å²) in [7, 11) is -0.749. The van der Waals surface area contributed by atoms with Crippen molar-refractivity contribution in [2.24, 2.45) is 16.3 Å². The lowest BCUT2D eigenvalue weighted by Crippen LogP contribution is -2.51. The van der Waals surface area contributed by atoms with Crippen LogP contribution in [-0.2, 0) is 15.6 Å². The first-order valence-electron chi connectivity index (χ1n) is 6.08. The molecule has 0 aromatic carbocycles. The quantitative estimate of drug-likeness (QED) is 0.294. The summed E-state index contributed by atoms with van der Waals surface area (Å²) in [6, 6.07) is 0.0348. The van der Waals surface area contributed by atoms with Gasteiger partial charge in [-0.2, -0.15) is 0 Å². The molecule has 1 unspecified atom stereocenters. The maximum Gasteiger partial charge on any atom is 0.233 e. The third-order valence-electron chi connectivity index (χ3n) is 3.60. The van der Waals surface area contributed by atoms with Crippen LogP contribution in [0, 0.1) is 5.41 Å². The molecule has 7 heteroatoms. The van der Waals surface area contributed by atoms with Crippen LogP contribution < -0.4 is 11.1 Å². The summed E-state index contributed by atoms with van der Waals surface area (Å²) in [5.74, 6) is 0.925. The Hall–Kier alpha value is -1.11. The van der Waals surface area contributed by atoms with Gasteiger partial charge in [-0.25, -0.2) is 0 Å². The molecular formula is C11H21N3O3S. The zero-order valence-electron chi connectivity index (χ0n) is 10.8. The van der Waals surface area contributed by atoms with Crippen LogP contribution in [0.15, 0.2) is 5.16 Å². The molecule has 1 aliphatic rings. The Morgan fingerprint density at radius 3 is 2.56 bits per heavy atom. The SMILES string of the molecule is CCC(C)(C(=O)NC1CCS(=O)CC1)C(N)=NO. The third-order valence-corrected chi connectivity index (χ3v) is 4.99. The average Bonchev–Trinajstić information content (AvgIpc) is 2.39. The summed E-state index contributed by atoms with van der Waals surface area (Å²) in [5.41, 5.74) is 4.59. The molecule has 1 atom stereocenters. The number of hydrogen-bond donors (Lipinski definition) is 3. The van der Waals surface area contributed by atoms with Gasteiger partial charge in [-0.05, 0) is 26.2 Å². The van der Waals surface area contributed by atoms with Crippen LogP contribution >= 0.6 is 0 Å². The van der Waals surface area contributed by atoms with E-state index in [4.69, 9.17) is 10.9 Å². The molecule has 18 heavy (non-hydrogen) atoms. The Morgan fingerprint density at radius 2 is 2.11 bits per heavy atom. The first kappa shape index (κ1) is 14.9. The highest BCUT2D eigenvalue weighted by molar-refractivity contribution is 7.85. The van der Waals surface area contributed by atoms with E-state index in [9.17, 15) is 9.00 Å². The van der Waals surface area contributed by atoms with E-state index in [1.807, 2.05) is 6.92 Å². The van der Waals surface area contributed by atoms with Crippen LogP contribution in [0.5, 0.6) is 0 Å². The summed E-state index contributed by atoms with van der Waals surface area (Å²) in [6.07, 6.45) is 1.88. The zero-order valence-corrected chi connectivity index (χ0v) is 11.6. The Labute approximate surface area is 109 Å². The second kappa shape index (κ2) is 6.17. The predicted molar refractivity (Wildman–Crippen MR) is 70.8 cm³/mol. The minimum atomic E-state index is -0.995. The lowest BCUT2D eigenvalue weighted by atomic mass is 9.84. The number of oxime groups is 1. The topological polar surface area (TPSA) is 105 Å². The Morgan fingerprint density at radius 1 is 1.56 bits per heavy atom. The standard InChI is InChI=1S/C11H21N3O3S/c1-3-11(2,9(12)14-16)10(15)13-8-4-6-18(17)7-5-8/h8,16H,3-7H2,1-2H3,(H2,12,14)(H,13,15). The maximum atomic E-state index is 12.2. The van der Waals surface area contributed by atoms with E-state index in [0.717, 1.165) is 0 Å². The second-order valence-electron chi connectivity index (χ2n) is 4.77. The van der Waals surface area contributed by atoms with Crippen molar-refractivity contribution in [3.63, 3.8) is 0 Å². The van der Waals surface area contributed by atoms with E-state index >= 15 is 0 Å². The number of nitrogens with zero attached hydrogens (tertiary/aromatic N) is 1. The highest BCUT2D eigenvalue weighted by atomic mass is 32.2. The zero-order chi connectivity index (χ0) is 13.8. The minimum absolute atomic E-state index is 0.0348. The van der Waals surface area contributed by atoms with Gasteiger partial charge in [-0.3, -0.25) is 9.00 Å². The molecule has 1 fully saturated rings. The van der Waals surface area contributed by atoms with Gasteiger partial charge < -0.3 is 16.3 Å². The molecule has 0 aliphatic carbocycles. The fourth-order valence-corrected chi connectivity index (χ4v) is 3.15. The van der Waals surface area contributed by atoms with Gasteiger partial charge in [0, 0.05) is 28.3 Å². The fourth-order valence-electron chi connectivity index (χ4n) is 1.85. The normalized spacial score (nSPS) is 28.4. The molecule has 1 aliphatic heterocycles. The van der Waals surface area contributed by atoms with Crippen molar-refractivity contribution in [2.75, 3.05) is 11.5 Å². The van der Waals surface area contributed by atoms with Crippen LogP contribution in [0.4, 0.5) is 0 Å². The molecule has 1 amide bonds. The number of nitrogens with two attached hydrogens (primary N) is 1. The first-order valence-corrected chi connectivity index (χ1v) is 7.56. The molecule has 4 N–H and O–H groups in total. The summed E-state index contributed by atoms with van der Waals surface area (Å²) in [6.45, 7) is 3.46. The van der Waals surface area contributed by atoms with Crippen molar-refractivity contribution in [1.82, 2.24) is 5.32 Å². The van der Waals surface area contributed by atoms with E-state index < -0.39 is 16.2 Å². The molecule has 0 bridgehead atoms. The maximum absolute atomic E-state index is 12.2. The number of carbonyl (C=O) groups excluding carboxylic acids is 1. The largest absolute Gasteiger partial charge is 0.409 e. The van der Waals surface area contributed by atoms with Crippen molar-refractivity contribution in [1.29, 1.82) is 0 Å². The smallest absolute Gasteiger partial charge is 0.233 e. The lowest BCUT2D eigenvalue weighted by Gasteiger charge is -2.30. The van der Waals surface area contributed by atoms with Crippen molar-refractivity contribution in [3.8, 4) is 0 Å². The summed E-state index contributed by atoms with van der Waals surface area (Å²) >= 11 is 0. The van der Waals surface area contributed by atoms with Crippen LogP contribution in [0.25, 0.3) is 0 Å². The second-order valence-corrected chi connectivity index (χ2v) is 6.46. The molecule has 6 nitrogen and oxygen atoms in total. The molecule has 0 aromatic rings. The van der Waals surface area contributed by atoms with Gasteiger partial charge in [-0.1, -0.05) is 12.1 Å². The monoisotopic (exact) mass is 275 g/mol. The van der Waals surface area contributed by atoms with Crippen molar-refractivity contribution in [3.05, 3.63) is 0 Å². The highest BCUT2D eigenvalue weighted by Crippen LogP contribution is 2.22. The van der Waals surface area contributed by atoms with Crippen molar-refractivity contribution >= 4 is 22.5 Å². The Kier molecular flexibility index (Phi) is 5.13. The number of rotatable bonds is 4. The Balaban J connectivity index is 2.66. The van der Waals surface area contributed by atoms with Gasteiger partial charge in [0.05, 0.1) is 0 Å². The van der Waals surface area contributed by atoms with E-state index in [0.29, 0.717) is 30.8 Å². The van der Waals surface area contributed by atoms with Crippen LogP contribution in [0.3, 0.4) is 0 Å². The van der Waals surface area contributed by atoms with E-state index in [2.05, 4.69) is 10.5 Å². The number of nitrogens with one attached hydrogen (secondary N) is 1. The van der Waals surface area contributed by atoms with Gasteiger partial charge in [-0.15, -0.1) is 0 Å². The van der Waals surface area contributed by atoms with Gasteiger partial charge in [0.1, 0.15) is 5.41 Å². The van der Waals surface area contributed by atoms with Gasteiger partial charge in [0.2, 0.25) is 5.91 Å². The molecule has 1 saturated heterocycles. The third kappa shape index (κ3) is 3.22. The van der Waals surface area contributed by atoms with Crippen molar-refractivity contribution in [2.45, 2.75) is 39.2 Å².